The standard InChI is InChI=1S/C17H23NO3/c1-3-11-9-13(14(10-11)17(20)21)16(19)18-15-8-6-5-7-12(15)4-2/h5-8,11,13-14H,3-4,9-10H2,1-2H3,(H,18,19)(H,20,21)/t11?,13-,14+/m0/s1. The van der Waals surface area contributed by atoms with Gasteiger partial charge in [-0.2, -0.15) is 0 Å². The molecule has 1 fully saturated rings. The molecule has 0 heterocycles. The first kappa shape index (κ1) is 15.5. The fraction of sp³-hybridized carbons (Fsp3) is 0.529. The first-order chi connectivity index (χ1) is 10.1. The molecule has 0 spiro atoms. The molecule has 2 rings (SSSR count). The van der Waals surface area contributed by atoms with Gasteiger partial charge >= 0.3 is 5.97 Å². The van der Waals surface area contributed by atoms with Crippen molar-refractivity contribution in [2.75, 3.05) is 5.32 Å². The molecule has 1 aromatic rings. The summed E-state index contributed by atoms with van der Waals surface area (Å²) >= 11 is 0. The second-order valence-electron chi connectivity index (χ2n) is 5.80. The quantitative estimate of drug-likeness (QED) is 0.873. The van der Waals surface area contributed by atoms with Crippen LogP contribution in [0.2, 0.25) is 0 Å². The molecule has 1 aromatic carbocycles. The van der Waals surface area contributed by atoms with Crippen molar-refractivity contribution in [3.8, 4) is 0 Å². The number of carbonyl (C=O) groups excluding carboxylic acids is 1. The fourth-order valence-corrected chi connectivity index (χ4v) is 3.21. The summed E-state index contributed by atoms with van der Waals surface area (Å²) in [6.45, 7) is 4.09. The largest absolute Gasteiger partial charge is 0.481 e. The van der Waals surface area contributed by atoms with E-state index in [0.29, 0.717) is 18.8 Å². The summed E-state index contributed by atoms with van der Waals surface area (Å²) in [6.07, 6.45) is 3.05. The van der Waals surface area contributed by atoms with Crippen LogP contribution in [-0.4, -0.2) is 17.0 Å². The average Bonchev–Trinajstić information content (AvgIpc) is 2.92. The zero-order chi connectivity index (χ0) is 15.4. The maximum atomic E-state index is 12.5. The maximum absolute atomic E-state index is 12.5. The molecule has 0 aromatic heterocycles. The van der Waals surface area contributed by atoms with Crippen LogP contribution in [0.1, 0.15) is 38.7 Å². The Morgan fingerprint density at radius 1 is 1.19 bits per heavy atom. The number of amides is 1. The van der Waals surface area contributed by atoms with Gasteiger partial charge in [0, 0.05) is 5.69 Å². The Labute approximate surface area is 125 Å². The van der Waals surface area contributed by atoms with Crippen molar-refractivity contribution in [1.82, 2.24) is 0 Å². The van der Waals surface area contributed by atoms with E-state index in [0.717, 1.165) is 24.1 Å². The first-order valence-corrected chi connectivity index (χ1v) is 7.68. The monoisotopic (exact) mass is 289 g/mol. The van der Waals surface area contributed by atoms with Crippen molar-refractivity contribution >= 4 is 17.6 Å². The molecule has 1 aliphatic rings. The lowest BCUT2D eigenvalue weighted by Crippen LogP contribution is -2.30. The Morgan fingerprint density at radius 2 is 1.86 bits per heavy atom. The maximum Gasteiger partial charge on any atom is 0.307 e. The van der Waals surface area contributed by atoms with E-state index in [1.165, 1.54) is 0 Å². The molecule has 4 heteroatoms. The Balaban J connectivity index is 2.13. The summed E-state index contributed by atoms with van der Waals surface area (Å²) in [5.41, 5.74) is 1.87. The summed E-state index contributed by atoms with van der Waals surface area (Å²) in [4.78, 5) is 23.9. The van der Waals surface area contributed by atoms with Gasteiger partial charge in [-0.25, -0.2) is 0 Å². The Bertz CT molecular complexity index is 527. The number of rotatable bonds is 5. The molecule has 0 bridgehead atoms. The van der Waals surface area contributed by atoms with Crippen molar-refractivity contribution in [1.29, 1.82) is 0 Å². The van der Waals surface area contributed by atoms with Gasteiger partial charge in [0.1, 0.15) is 0 Å². The lowest BCUT2D eigenvalue weighted by molar-refractivity contribution is -0.145. The molecular formula is C17H23NO3. The summed E-state index contributed by atoms with van der Waals surface area (Å²) in [6, 6.07) is 7.68. The zero-order valence-electron chi connectivity index (χ0n) is 12.6. The molecule has 3 atom stereocenters. The molecule has 4 nitrogen and oxygen atoms in total. The van der Waals surface area contributed by atoms with E-state index in [1.54, 1.807) is 0 Å². The van der Waals surface area contributed by atoms with E-state index in [2.05, 4.69) is 12.2 Å². The van der Waals surface area contributed by atoms with Crippen LogP contribution in [0.5, 0.6) is 0 Å². The normalized spacial score (nSPS) is 24.8. The summed E-state index contributed by atoms with van der Waals surface area (Å²) in [5, 5.41) is 12.3. The lowest BCUT2D eigenvalue weighted by atomic mass is 9.95. The van der Waals surface area contributed by atoms with E-state index in [4.69, 9.17) is 0 Å². The number of benzene rings is 1. The topological polar surface area (TPSA) is 66.4 Å². The van der Waals surface area contributed by atoms with E-state index < -0.39 is 17.8 Å². The minimum absolute atomic E-state index is 0.153. The minimum atomic E-state index is -0.852. The van der Waals surface area contributed by atoms with E-state index in [-0.39, 0.29) is 5.91 Å². The first-order valence-electron chi connectivity index (χ1n) is 7.68. The van der Waals surface area contributed by atoms with Crippen LogP contribution in [0.4, 0.5) is 5.69 Å². The van der Waals surface area contributed by atoms with Crippen molar-refractivity contribution in [3.05, 3.63) is 29.8 Å². The van der Waals surface area contributed by atoms with Gasteiger partial charge in [-0.15, -0.1) is 0 Å². The van der Waals surface area contributed by atoms with Gasteiger partial charge in [-0.1, -0.05) is 38.5 Å². The molecule has 1 unspecified atom stereocenters. The predicted octanol–water partition coefficient (Wildman–Crippen LogP) is 3.32. The number of hydrogen-bond acceptors (Lipinski definition) is 2. The molecule has 1 amide bonds. The van der Waals surface area contributed by atoms with Crippen LogP contribution < -0.4 is 5.32 Å². The Morgan fingerprint density at radius 3 is 2.48 bits per heavy atom. The van der Waals surface area contributed by atoms with Gasteiger partial charge in [-0.05, 0) is 36.8 Å². The summed E-state index contributed by atoms with van der Waals surface area (Å²) < 4.78 is 0. The number of aliphatic carboxylic acids is 1. The van der Waals surface area contributed by atoms with Gasteiger partial charge in [0.2, 0.25) is 5.91 Å². The number of carboxylic acids is 1. The van der Waals surface area contributed by atoms with E-state index in [9.17, 15) is 14.7 Å². The van der Waals surface area contributed by atoms with Crippen LogP contribution >= 0.6 is 0 Å². The number of hydrogen-bond donors (Lipinski definition) is 2. The predicted molar refractivity (Wildman–Crippen MR) is 82.1 cm³/mol. The number of aryl methyl sites for hydroxylation is 1. The molecule has 0 aliphatic heterocycles. The average molecular weight is 289 g/mol. The highest BCUT2D eigenvalue weighted by Gasteiger charge is 2.42. The third-order valence-corrected chi connectivity index (χ3v) is 4.55. The van der Waals surface area contributed by atoms with Crippen LogP contribution in [0.25, 0.3) is 0 Å². The number of nitrogens with one attached hydrogen (secondary N) is 1. The third kappa shape index (κ3) is 3.43. The highest BCUT2D eigenvalue weighted by molar-refractivity contribution is 5.96. The molecule has 2 N–H and O–H groups in total. The van der Waals surface area contributed by atoms with Crippen molar-refractivity contribution in [3.63, 3.8) is 0 Å². The van der Waals surface area contributed by atoms with Gasteiger partial charge < -0.3 is 10.4 Å². The summed E-state index contributed by atoms with van der Waals surface area (Å²) in [5.74, 6) is -1.64. The molecule has 21 heavy (non-hydrogen) atoms. The highest BCUT2D eigenvalue weighted by Crippen LogP contribution is 2.39. The molecule has 0 radical (unpaired) electrons. The zero-order valence-corrected chi connectivity index (χ0v) is 12.6. The van der Waals surface area contributed by atoms with Crippen LogP contribution in [0, 0.1) is 17.8 Å². The smallest absolute Gasteiger partial charge is 0.307 e. The van der Waals surface area contributed by atoms with Crippen molar-refractivity contribution < 1.29 is 14.7 Å². The van der Waals surface area contributed by atoms with Crippen molar-refractivity contribution in [2.24, 2.45) is 17.8 Å². The van der Waals surface area contributed by atoms with Crippen LogP contribution in [0.15, 0.2) is 24.3 Å². The highest BCUT2D eigenvalue weighted by atomic mass is 16.4. The number of para-hydroxylation sites is 1. The number of carboxylic acid groups (broad SMARTS) is 1. The lowest BCUT2D eigenvalue weighted by Gasteiger charge is -2.17. The third-order valence-electron chi connectivity index (χ3n) is 4.55. The van der Waals surface area contributed by atoms with Gasteiger partial charge in [0.15, 0.2) is 0 Å². The second-order valence-corrected chi connectivity index (χ2v) is 5.80. The van der Waals surface area contributed by atoms with Crippen molar-refractivity contribution in [2.45, 2.75) is 39.5 Å². The summed E-state index contributed by atoms with van der Waals surface area (Å²) in [7, 11) is 0. The molecule has 1 aliphatic carbocycles. The second kappa shape index (κ2) is 6.74. The molecule has 114 valence electrons. The molecule has 1 saturated carbocycles. The van der Waals surface area contributed by atoms with Gasteiger partial charge in [0.25, 0.3) is 0 Å². The Hall–Kier alpha value is -1.84. The molecule has 0 saturated heterocycles. The van der Waals surface area contributed by atoms with Crippen LogP contribution in [-0.2, 0) is 16.0 Å². The van der Waals surface area contributed by atoms with Crippen LogP contribution in [0.3, 0.4) is 0 Å². The van der Waals surface area contributed by atoms with E-state index in [1.807, 2.05) is 31.2 Å². The molecular weight excluding hydrogens is 266 g/mol. The SMILES string of the molecule is CCc1ccccc1NC(=O)[C@H]1CC(CC)C[C@H]1C(=O)O. The van der Waals surface area contributed by atoms with Gasteiger partial charge in [-0.3, -0.25) is 9.59 Å². The number of anilines is 1. The van der Waals surface area contributed by atoms with E-state index >= 15 is 0 Å². The Kier molecular flexibility index (Phi) is 4.99. The fourth-order valence-electron chi connectivity index (χ4n) is 3.21. The number of carbonyl (C=O) groups is 2. The van der Waals surface area contributed by atoms with Gasteiger partial charge in [0.05, 0.1) is 11.8 Å². The minimum Gasteiger partial charge on any atom is -0.481 e.